The SMILES string of the molecule is Clc1nc(-c2ccc3oc4ccccc4c3c2)c2c(ccc3ccccc32)n1. The van der Waals surface area contributed by atoms with E-state index >= 15 is 0 Å². The molecule has 0 saturated carbocycles. The third-order valence-corrected chi connectivity index (χ3v) is 5.38. The summed E-state index contributed by atoms with van der Waals surface area (Å²) < 4.78 is 5.97. The summed E-state index contributed by atoms with van der Waals surface area (Å²) in [6.07, 6.45) is 0. The highest BCUT2D eigenvalue weighted by atomic mass is 35.5. The van der Waals surface area contributed by atoms with Crippen LogP contribution in [-0.2, 0) is 0 Å². The lowest BCUT2D eigenvalue weighted by Gasteiger charge is -2.10. The molecule has 28 heavy (non-hydrogen) atoms. The molecule has 0 aliphatic rings. The molecule has 132 valence electrons. The molecule has 2 heterocycles. The van der Waals surface area contributed by atoms with Crippen molar-refractivity contribution in [1.82, 2.24) is 9.97 Å². The second-order valence-electron chi connectivity index (χ2n) is 6.83. The van der Waals surface area contributed by atoms with Gasteiger partial charge in [0.25, 0.3) is 0 Å². The number of nitrogens with zero attached hydrogens (tertiary/aromatic N) is 2. The van der Waals surface area contributed by atoms with E-state index in [9.17, 15) is 0 Å². The molecule has 3 nitrogen and oxygen atoms in total. The Morgan fingerprint density at radius 1 is 0.679 bits per heavy atom. The van der Waals surface area contributed by atoms with Gasteiger partial charge in [-0.2, -0.15) is 0 Å². The number of para-hydroxylation sites is 1. The first-order chi connectivity index (χ1) is 13.8. The van der Waals surface area contributed by atoms with Crippen molar-refractivity contribution in [2.24, 2.45) is 0 Å². The van der Waals surface area contributed by atoms with Crippen LogP contribution in [0.1, 0.15) is 0 Å². The fourth-order valence-corrected chi connectivity index (χ4v) is 4.13. The Balaban J connectivity index is 1.74. The summed E-state index contributed by atoms with van der Waals surface area (Å²) in [7, 11) is 0. The second-order valence-corrected chi connectivity index (χ2v) is 7.17. The number of rotatable bonds is 1. The first-order valence-corrected chi connectivity index (χ1v) is 9.42. The van der Waals surface area contributed by atoms with Gasteiger partial charge < -0.3 is 4.42 Å². The smallest absolute Gasteiger partial charge is 0.223 e. The molecule has 6 aromatic rings. The van der Waals surface area contributed by atoms with E-state index in [1.54, 1.807) is 0 Å². The summed E-state index contributed by atoms with van der Waals surface area (Å²) in [5.41, 5.74) is 4.40. The van der Waals surface area contributed by atoms with Gasteiger partial charge in [0.1, 0.15) is 11.2 Å². The van der Waals surface area contributed by atoms with Crippen LogP contribution in [0.5, 0.6) is 0 Å². The predicted molar refractivity (Wildman–Crippen MR) is 115 cm³/mol. The molecular weight excluding hydrogens is 368 g/mol. The van der Waals surface area contributed by atoms with E-state index in [0.717, 1.165) is 54.9 Å². The van der Waals surface area contributed by atoms with E-state index in [1.165, 1.54) is 0 Å². The van der Waals surface area contributed by atoms with E-state index in [4.69, 9.17) is 16.0 Å². The van der Waals surface area contributed by atoms with Gasteiger partial charge in [-0.3, -0.25) is 0 Å². The first kappa shape index (κ1) is 15.6. The number of halogens is 1. The first-order valence-electron chi connectivity index (χ1n) is 9.05. The second kappa shape index (κ2) is 5.78. The summed E-state index contributed by atoms with van der Waals surface area (Å²) in [5, 5.41) is 5.68. The van der Waals surface area contributed by atoms with Crippen LogP contribution < -0.4 is 0 Å². The standard InChI is InChI=1S/C24H13ClN2O/c25-24-26-19-11-9-14-5-1-2-6-16(14)22(19)23(27-24)15-10-12-21-18(13-15)17-7-3-4-8-20(17)28-21/h1-13H. The lowest BCUT2D eigenvalue weighted by atomic mass is 9.99. The average Bonchev–Trinajstić information content (AvgIpc) is 3.10. The maximum atomic E-state index is 6.28. The van der Waals surface area contributed by atoms with Gasteiger partial charge >= 0.3 is 0 Å². The third kappa shape index (κ3) is 2.23. The van der Waals surface area contributed by atoms with Crippen LogP contribution in [0.4, 0.5) is 0 Å². The van der Waals surface area contributed by atoms with Gasteiger partial charge in [0.2, 0.25) is 5.28 Å². The van der Waals surface area contributed by atoms with E-state index < -0.39 is 0 Å². The lowest BCUT2D eigenvalue weighted by molar-refractivity contribution is 0.669. The highest BCUT2D eigenvalue weighted by Crippen LogP contribution is 2.36. The van der Waals surface area contributed by atoms with Gasteiger partial charge in [-0.05, 0) is 52.7 Å². The van der Waals surface area contributed by atoms with Crippen molar-refractivity contribution in [3.05, 3.63) is 84.1 Å². The summed E-state index contributed by atoms with van der Waals surface area (Å²) in [5.74, 6) is 0. The van der Waals surface area contributed by atoms with Gasteiger partial charge in [-0.15, -0.1) is 0 Å². The molecular formula is C24H13ClN2O. The summed E-state index contributed by atoms with van der Waals surface area (Å²) in [6.45, 7) is 0. The third-order valence-electron chi connectivity index (χ3n) is 5.21. The molecule has 0 saturated heterocycles. The molecule has 0 bridgehead atoms. The van der Waals surface area contributed by atoms with Crippen molar-refractivity contribution in [1.29, 1.82) is 0 Å². The fourth-order valence-electron chi connectivity index (χ4n) is 3.96. The van der Waals surface area contributed by atoms with Crippen molar-refractivity contribution in [2.75, 3.05) is 0 Å². The van der Waals surface area contributed by atoms with Crippen molar-refractivity contribution in [3.8, 4) is 11.3 Å². The van der Waals surface area contributed by atoms with Crippen LogP contribution in [0.2, 0.25) is 5.28 Å². The fraction of sp³-hybridized carbons (Fsp3) is 0. The van der Waals surface area contributed by atoms with Gasteiger partial charge in [0.05, 0.1) is 11.2 Å². The van der Waals surface area contributed by atoms with Gasteiger partial charge in [0, 0.05) is 21.7 Å². The quantitative estimate of drug-likeness (QED) is 0.227. The molecule has 0 radical (unpaired) electrons. The molecule has 2 aromatic heterocycles. The van der Waals surface area contributed by atoms with Crippen LogP contribution in [0.25, 0.3) is 54.9 Å². The Kier molecular flexibility index (Phi) is 3.22. The molecule has 0 atom stereocenters. The van der Waals surface area contributed by atoms with Crippen molar-refractivity contribution < 1.29 is 4.42 Å². The van der Waals surface area contributed by atoms with Crippen molar-refractivity contribution in [2.45, 2.75) is 0 Å². The molecule has 0 N–H and O–H groups in total. The molecule has 6 rings (SSSR count). The van der Waals surface area contributed by atoms with Crippen molar-refractivity contribution in [3.63, 3.8) is 0 Å². The average molecular weight is 381 g/mol. The Morgan fingerprint density at radius 2 is 1.46 bits per heavy atom. The van der Waals surface area contributed by atoms with Crippen LogP contribution in [0.3, 0.4) is 0 Å². The summed E-state index contributed by atoms with van der Waals surface area (Å²) >= 11 is 6.28. The molecule has 0 unspecified atom stereocenters. The van der Waals surface area contributed by atoms with E-state index in [1.807, 2.05) is 48.5 Å². The normalized spacial score (nSPS) is 11.8. The number of aromatic nitrogens is 2. The number of furan rings is 1. The highest BCUT2D eigenvalue weighted by Gasteiger charge is 2.14. The number of fused-ring (bicyclic) bond motifs is 6. The number of hydrogen-bond acceptors (Lipinski definition) is 3. The zero-order valence-corrected chi connectivity index (χ0v) is 15.4. The Bertz CT molecular complexity index is 1530. The number of hydrogen-bond donors (Lipinski definition) is 0. The zero-order valence-electron chi connectivity index (χ0n) is 14.7. The van der Waals surface area contributed by atoms with Gasteiger partial charge in [-0.25, -0.2) is 9.97 Å². The van der Waals surface area contributed by atoms with Crippen LogP contribution >= 0.6 is 11.6 Å². The van der Waals surface area contributed by atoms with E-state index in [2.05, 4.69) is 40.3 Å². The molecule has 0 aliphatic carbocycles. The minimum absolute atomic E-state index is 0.245. The maximum Gasteiger partial charge on any atom is 0.223 e. The number of benzene rings is 4. The molecule has 0 spiro atoms. The molecule has 4 aromatic carbocycles. The molecule has 0 fully saturated rings. The zero-order chi connectivity index (χ0) is 18.7. The molecule has 0 aliphatic heterocycles. The molecule has 0 amide bonds. The maximum absolute atomic E-state index is 6.28. The topological polar surface area (TPSA) is 38.9 Å². The summed E-state index contributed by atoms with van der Waals surface area (Å²) in [4.78, 5) is 9.07. The Labute approximate surface area is 165 Å². The lowest BCUT2D eigenvalue weighted by Crippen LogP contribution is -1.92. The van der Waals surface area contributed by atoms with E-state index in [-0.39, 0.29) is 5.28 Å². The molecule has 4 heteroatoms. The largest absolute Gasteiger partial charge is 0.456 e. The summed E-state index contributed by atoms with van der Waals surface area (Å²) in [6, 6.07) is 26.6. The Morgan fingerprint density at radius 3 is 2.39 bits per heavy atom. The van der Waals surface area contributed by atoms with Crippen molar-refractivity contribution >= 4 is 55.2 Å². The van der Waals surface area contributed by atoms with Crippen LogP contribution in [0.15, 0.2) is 83.3 Å². The predicted octanol–water partition coefficient (Wildman–Crippen LogP) is 7.00. The highest BCUT2D eigenvalue weighted by molar-refractivity contribution is 6.29. The van der Waals surface area contributed by atoms with Crippen LogP contribution in [0, 0.1) is 0 Å². The minimum atomic E-state index is 0.245. The monoisotopic (exact) mass is 380 g/mol. The minimum Gasteiger partial charge on any atom is -0.456 e. The Hall–Kier alpha value is -3.43. The van der Waals surface area contributed by atoms with Gasteiger partial charge in [0.15, 0.2) is 0 Å². The van der Waals surface area contributed by atoms with Gasteiger partial charge in [-0.1, -0.05) is 48.5 Å². The van der Waals surface area contributed by atoms with E-state index in [0.29, 0.717) is 0 Å². The van der Waals surface area contributed by atoms with Crippen LogP contribution in [-0.4, -0.2) is 9.97 Å².